The molecule has 23 heavy (non-hydrogen) atoms. The van der Waals surface area contributed by atoms with Crippen LogP contribution in [0.3, 0.4) is 0 Å². The molecule has 2 N–H and O–H groups in total. The summed E-state index contributed by atoms with van der Waals surface area (Å²) in [6, 6.07) is 1.52. The van der Waals surface area contributed by atoms with Crippen LogP contribution < -0.4 is 10.9 Å². The maximum atomic E-state index is 12.6. The van der Waals surface area contributed by atoms with Crippen molar-refractivity contribution in [3.63, 3.8) is 0 Å². The predicted octanol–water partition coefficient (Wildman–Crippen LogP) is 1.97. The summed E-state index contributed by atoms with van der Waals surface area (Å²) >= 11 is 0. The molecule has 3 unspecified atom stereocenters. The SMILES string of the molecule is CCC(C)C(NC(=O)C(C(C)C)n1ccc(C)cc1=O)C(=O)O. The van der Waals surface area contributed by atoms with Crippen molar-refractivity contribution in [3.05, 3.63) is 34.2 Å². The van der Waals surface area contributed by atoms with Gasteiger partial charge in [0.25, 0.3) is 5.56 Å². The average Bonchev–Trinajstić information content (AvgIpc) is 2.45. The number of carbonyl (C=O) groups excluding carboxylic acids is 1. The first-order chi connectivity index (χ1) is 10.7. The van der Waals surface area contributed by atoms with E-state index in [9.17, 15) is 19.5 Å². The highest BCUT2D eigenvalue weighted by Crippen LogP contribution is 2.18. The van der Waals surface area contributed by atoms with Gasteiger partial charge in [-0.1, -0.05) is 34.1 Å². The van der Waals surface area contributed by atoms with Crippen molar-refractivity contribution in [2.24, 2.45) is 11.8 Å². The fourth-order valence-electron chi connectivity index (χ4n) is 2.49. The number of nitrogens with zero attached hydrogens (tertiary/aromatic N) is 1. The molecule has 1 aromatic heterocycles. The van der Waals surface area contributed by atoms with Gasteiger partial charge in [0.1, 0.15) is 12.1 Å². The third kappa shape index (κ3) is 4.68. The largest absolute Gasteiger partial charge is 0.480 e. The average molecular weight is 322 g/mol. The Hall–Kier alpha value is -2.11. The highest BCUT2D eigenvalue weighted by Gasteiger charge is 2.31. The summed E-state index contributed by atoms with van der Waals surface area (Å²) in [7, 11) is 0. The van der Waals surface area contributed by atoms with Gasteiger partial charge in [0.05, 0.1) is 0 Å². The standard InChI is InChI=1S/C17H26N2O4/c1-6-12(5)14(17(22)23)18-16(21)15(10(2)3)19-8-7-11(4)9-13(19)20/h7-10,12,14-15H,6H2,1-5H3,(H,18,21)(H,22,23). The minimum Gasteiger partial charge on any atom is -0.480 e. The van der Waals surface area contributed by atoms with E-state index in [2.05, 4.69) is 5.32 Å². The van der Waals surface area contributed by atoms with E-state index < -0.39 is 24.0 Å². The first-order valence-electron chi connectivity index (χ1n) is 7.91. The molecule has 0 fully saturated rings. The molecule has 0 bridgehead atoms. The molecular formula is C17H26N2O4. The molecule has 3 atom stereocenters. The number of aliphatic carboxylic acids is 1. The quantitative estimate of drug-likeness (QED) is 0.803. The zero-order valence-electron chi connectivity index (χ0n) is 14.4. The Morgan fingerprint density at radius 1 is 1.30 bits per heavy atom. The van der Waals surface area contributed by atoms with Crippen molar-refractivity contribution < 1.29 is 14.7 Å². The number of carbonyl (C=O) groups is 2. The zero-order valence-corrected chi connectivity index (χ0v) is 14.4. The minimum atomic E-state index is -1.06. The number of nitrogens with one attached hydrogen (secondary N) is 1. The summed E-state index contributed by atoms with van der Waals surface area (Å²) < 4.78 is 1.36. The smallest absolute Gasteiger partial charge is 0.326 e. The van der Waals surface area contributed by atoms with Crippen LogP contribution in [0.15, 0.2) is 23.1 Å². The predicted molar refractivity (Wildman–Crippen MR) is 88.3 cm³/mol. The number of aromatic nitrogens is 1. The first-order valence-corrected chi connectivity index (χ1v) is 7.91. The molecule has 6 nitrogen and oxygen atoms in total. The van der Waals surface area contributed by atoms with E-state index >= 15 is 0 Å². The molecule has 0 saturated heterocycles. The van der Waals surface area contributed by atoms with Gasteiger partial charge in [0.2, 0.25) is 5.91 Å². The van der Waals surface area contributed by atoms with Crippen LogP contribution in [0.5, 0.6) is 0 Å². The molecule has 0 radical (unpaired) electrons. The molecule has 0 aliphatic carbocycles. The Morgan fingerprint density at radius 2 is 1.91 bits per heavy atom. The molecule has 0 saturated carbocycles. The van der Waals surface area contributed by atoms with E-state index in [-0.39, 0.29) is 17.4 Å². The lowest BCUT2D eigenvalue weighted by atomic mass is 9.97. The molecule has 6 heteroatoms. The molecule has 0 aliphatic rings. The number of carboxylic acids is 1. The van der Waals surface area contributed by atoms with E-state index in [0.717, 1.165) is 5.56 Å². The number of aryl methyl sites for hydroxylation is 1. The van der Waals surface area contributed by atoms with Crippen molar-refractivity contribution in [2.45, 2.75) is 53.1 Å². The first kappa shape index (κ1) is 18.9. The topological polar surface area (TPSA) is 88.4 Å². The van der Waals surface area contributed by atoms with Gasteiger partial charge >= 0.3 is 5.97 Å². The minimum absolute atomic E-state index is 0.151. The fourth-order valence-corrected chi connectivity index (χ4v) is 2.49. The zero-order chi connectivity index (χ0) is 17.7. The lowest BCUT2D eigenvalue weighted by Crippen LogP contribution is -2.49. The van der Waals surface area contributed by atoms with Crippen LogP contribution in [-0.4, -0.2) is 27.6 Å². The van der Waals surface area contributed by atoms with Crippen LogP contribution >= 0.6 is 0 Å². The second-order valence-electron chi connectivity index (χ2n) is 6.35. The Morgan fingerprint density at radius 3 is 2.35 bits per heavy atom. The normalized spacial score (nSPS) is 15.0. The molecule has 0 spiro atoms. The molecular weight excluding hydrogens is 296 g/mol. The van der Waals surface area contributed by atoms with E-state index in [0.29, 0.717) is 6.42 Å². The summed E-state index contributed by atoms with van der Waals surface area (Å²) in [5.74, 6) is -1.86. The third-order valence-electron chi connectivity index (χ3n) is 4.08. The number of hydrogen-bond acceptors (Lipinski definition) is 3. The van der Waals surface area contributed by atoms with Gasteiger partial charge in [0.15, 0.2) is 0 Å². The number of rotatable bonds is 7. The lowest BCUT2D eigenvalue weighted by molar-refractivity contribution is -0.144. The molecule has 0 aromatic carbocycles. The highest BCUT2D eigenvalue weighted by atomic mass is 16.4. The Bertz CT molecular complexity index is 621. The Kier molecular flexibility index (Phi) is 6.54. The fraction of sp³-hybridized carbons (Fsp3) is 0.588. The van der Waals surface area contributed by atoms with Gasteiger partial charge in [-0.2, -0.15) is 0 Å². The van der Waals surface area contributed by atoms with Crippen LogP contribution in [0, 0.1) is 18.8 Å². The van der Waals surface area contributed by atoms with Crippen LogP contribution in [0.1, 0.15) is 45.7 Å². The van der Waals surface area contributed by atoms with E-state index in [1.165, 1.54) is 10.6 Å². The van der Waals surface area contributed by atoms with Crippen LogP contribution in [0.4, 0.5) is 0 Å². The summed E-state index contributed by atoms with van der Waals surface area (Å²) in [5.41, 5.74) is 0.548. The monoisotopic (exact) mass is 322 g/mol. The van der Waals surface area contributed by atoms with Gasteiger partial charge in [-0.15, -0.1) is 0 Å². The molecule has 1 heterocycles. The Labute approximate surface area is 136 Å². The molecule has 1 rings (SSSR count). The molecule has 0 aliphatic heterocycles. The van der Waals surface area contributed by atoms with Crippen LogP contribution in [-0.2, 0) is 9.59 Å². The Balaban J connectivity index is 3.12. The second kappa shape index (κ2) is 7.94. The summed E-state index contributed by atoms with van der Waals surface area (Å²) in [6.45, 7) is 9.11. The molecule has 1 amide bonds. The van der Waals surface area contributed by atoms with Crippen molar-refractivity contribution in [1.29, 1.82) is 0 Å². The van der Waals surface area contributed by atoms with Crippen molar-refractivity contribution in [3.8, 4) is 0 Å². The number of hydrogen-bond donors (Lipinski definition) is 2. The lowest BCUT2D eigenvalue weighted by Gasteiger charge is -2.27. The van der Waals surface area contributed by atoms with Crippen molar-refractivity contribution in [2.75, 3.05) is 0 Å². The number of carboxylic acid groups (broad SMARTS) is 1. The summed E-state index contributed by atoms with van der Waals surface area (Å²) in [5, 5.41) is 11.9. The van der Waals surface area contributed by atoms with Crippen molar-refractivity contribution in [1.82, 2.24) is 9.88 Å². The highest BCUT2D eigenvalue weighted by molar-refractivity contribution is 5.86. The summed E-state index contributed by atoms with van der Waals surface area (Å²) in [6.07, 6.45) is 2.22. The maximum absolute atomic E-state index is 12.6. The second-order valence-corrected chi connectivity index (χ2v) is 6.35. The van der Waals surface area contributed by atoms with E-state index in [1.54, 1.807) is 26.1 Å². The number of pyridine rings is 1. The summed E-state index contributed by atoms with van der Waals surface area (Å²) in [4.78, 5) is 36.2. The van der Waals surface area contributed by atoms with E-state index in [4.69, 9.17) is 0 Å². The third-order valence-corrected chi connectivity index (χ3v) is 4.08. The van der Waals surface area contributed by atoms with Crippen molar-refractivity contribution >= 4 is 11.9 Å². The van der Waals surface area contributed by atoms with Crippen LogP contribution in [0.25, 0.3) is 0 Å². The van der Waals surface area contributed by atoms with Gasteiger partial charge in [0, 0.05) is 12.3 Å². The van der Waals surface area contributed by atoms with Gasteiger partial charge in [-0.3, -0.25) is 9.59 Å². The maximum Gasteiger partial charge on any atom is 0.326 e. The van der Waals surface area contributed by atoms with E-state index in [1.807, 2.05) is 20.8 Å². The van der Waals surface area contributed by atoms with Gasteiger partial charge < -0.3 is 15.0 Å². The molecule has 1 aromatic rings. The number of amides is 1. The van der Waals surface area contributed by atoms with Crippen LogP contribution in [0.2, 0.25) is 0 Å². The van der Waals surface area contributed by atoms with Gasteiger partial charge in [-0.25, -0.2) is 4.79 Å². The van der Waals surface area contributed by atoms with Gasteiger partial charge in [-0.05, 0) is 30.4 Å². The molecule has 128 valence electrons.